The smallest absolute Gasteiger partial charge is 0.0792 e. The molecule has 0 amide bonds. The number of aliphatic hydroxyl groups excluding tert-OH is 1. The summed E-state index contributed by atoms with van der Waals surface area (Å²) in [7, 11) is 0. The molecule has 0 saturated carbocycles. The Morgan fingerprint density at radius 2 is 2.25 bits per heavy atom. The second-order valence-corrected chi connectivity index (χ2v) is 3.61. The molecule has 0 radical (unpaired) electrons. The minimum Gasteiger partial charge on any atom is -0.388 e. The van der Waals surface area contributed by atoms with Gasteiger partial charge in [0.1, 0.15) is 0 Å². The summed E-state index contributed by atoms with van der Waals surface area (Å²) in [6, 6.07) is 6.33. The van der Waals surface area contributed by atoms with Gasteiger partial charge in [0.2, 0.25) is 0 Å². The van der Waals surface area contributed by atoms with Gasteiger partial charge < -0.3 is 5.11 Å². The van der Waals surface area contributed by atoms with Gasteiger partial charge in [-0.3, -0.25) is 0 Å². The predicted molar refractivity (Wildman–Crippen MR) is 49.1 cm³/mol. The molecule has 1 nitrogen and oxygen atoms in total. The molecule has 12 heavy (non-hydrogen) atoms. The van der Waals surface area contributed by atoms with Gasteiger partial charge in [-0.05, 0) is 37.3 Å². The maximum absolute atomic E-state index is 9.65. The first-order chi connectivity index (χ1) is 5.77. The van der Waals surface area contributed by atoms with Gasteiger partial charge in [-0.2, -0.15) is 0 Å². The second-order valence-electron chi connectivity index (χ2n) is 3.61. The summed E-state index contributed by atoms with van der Waals surface area (Å²) in [6.45, 7) is 2.10. The monoisotopic (exact) mass is 162 g/mol. The van der Waals surface area contributed by atoms with Crippen LogP contribution in [-0.4, -0.2) is 5.11 Å². The van der Waals surface area contributed by atoms with Crippen molar-refractivity contribution in [3.63, 3.8) is 0 Å². The quantitative estimate of drug-likeness (QED) is 0.621. The van der Waals surface area contributed by atoms with Crippen LogP contribution in [0.4, 0.5) is 0 Å². The first-order valence-electron chi connectivity index (χ1n) is 4.55. The summed E-state index contributed by atoms with van der Waals surface area (Å²) >= 11 is 0. The zero-order valence-corrected chi connectivity index (χ0v) is 7.38. The maximum Gasteiger partial charge on any atom is 0.0792 e. The molecule has 1 atom stereocenters. The molecule has 0 saturated heterocycles. The molecule has 0 fully saturated rings. The van der Waals surface area contributed by atoms with E-state index in [2.05, 4.69) is 25.1 Å². The van der Waals surface area contributed by atoms with Crippen molar-refractivity contribution in [3.8, 4) is 0 Å². The number of fused-ring (bicyclic) bond motifs is 1. The fourth-order valence-electron chi connectivity index (χ4n) is 1.92. The van der Waals surface area contributed by atoms with E-state index >= 15 is 0 Å². The van der Waals surface area contributed by atoms with Crippen LogP contribution in [0.2, 0.25) is 0 Å². The lowest BCUT2D eigenvalue weighted by Crippen LogP contribution is -2.08. The van der Waals surface area contributed by atoms with Gasteiger partial charge in [0.05, 0.1) is 6.10 Å². The third kappa shape index (κ3) is 1.25. The van der Waals surface area contributed by atoms with Gasteiger partial charge in [-0.25, -0.2) is 0 Å². The van der Waals surface area contributed by atoms with Crippen LogP contribution in [0, 0.1) is 6.92 Å². The van der Waals surface area contributed by atoms with Crippen molar-refractivity contribution in [2.24, 2.45) is 0 Å². The summed E-state index contributed by atoms with van der Waals surface area (Å²) < 4.78 is 0. The number of benzene rings is 1. The molecular formula is C11H14O. The topological polar surface area (TPSA) is 20.2 Å². The zero-order chi connectivity index (χ0) is 8.55. The van der Waals surface area contributed by atoms with Crippen molar-refractivity contribution in [3.05, 3.63) is 34.9 Å². The zero-order valence-electron chi connectivity index (χ0n) is 7.38. The Bertz CT molecular complexity index is 291. The molecule has 0 bridgehead atoms. The Hall–Kier alpha value is -0.820. The molecule has 1 aromatic carbocycles. The molecule has 1 unspecified atom stereocenters. The highest BCUT2D eigenvalue weighted by Crippen LogP contribution is 2.29. The fourth-order valence-corrected chi connectivity index (χ4v) is 1.92. The number of rotatable bonds is 0. The van der Waals surface area contributed by atoms with Crippen molar-refractivity contribution >= 4 is 0 Å². The predicted octanol–water partition coefficient (Wildman–Crippen LogP) is 2.36. The SMILES string of the molecule is Cc1ccc2c(c1)CCCC2O. The van der Waals surface area contributed by atoms with Gasteiger partial charge in [0.25, 0.3) is 0 Å². The normalized spacial score (nSPS) is 22.0. The first-order valence-corrected chi connectivity index (χ1v) is 4.55. The molecule has 1 aromatic rings. The lowest BCUT2D eigenvalue weighted by atomic mass is 9.88. The average Bonchev–Trinajstić information content (AvgIpc) is 2.04. The van der Waals surface area contributed by atoms with Crippen molar-refractivity contribution in [1.82, 2.24) is 0 Å². The minimum absolute atomic E-state index is 0.214. The molecule has 0 aromatic heterocycles. The van der Waals surface area contributed by atoms with Crippen molar-refractivity contribution in [2.75, 3.05) is 0 Å². The lowest BCUT2D eigenvalue weighted by molar-refractivity contribution is 0.156. The highest BCUT2D eigenvalue weighted by molar-refractivity contribution is 5.34. The van der Waals surface area contributed by atoms with E-state index in [1.165, 1.54) is 11.1 Å². The van der Waals surface area contributed by atoms with Crippen molar-refractivity contribution < 1.29 is 5.11 Å². The third-order valence-corrected chi connectivity index (χ3v) is 2.58. The molecule has 64 valence electrons. The molecule has 1 aliphatic rings. The Kier molecular flexibility index (Phi) is 1.89. The van der Waals surface area contributed by atoms with Crippen LogP contribution in [0.5, 0.6) is 0 Å². The average molecular weight is 162 g/mol. The number of hydrogen-bond acceptors (Lipinski definition) is 1. The van der Waals surface area contributed by atoms with E-state index in [1.54, 1.807) is 0 Å². The van der Waals surface area contributed by atoms with Crippen LogP contribution >= 0.6 is 0 Å². The molecule has 2 rings (SSSR count). The molecule has 1 N–H and O–H groups in total. The second kappa shape index (κ2) is 2.91. The molecule has 1 aliphatic carbocycles. The Morgan fingerprint density at radius 1 is 1.42 bits per heavy atom. The lowest BCUT2D eigenvalue weighted by Gasteiger charge is -2.21. The molecule has 0 heterocycles. The highest BCUT2D eigenvalue weighted by Gasteiger charge is 2.16. The van der Waals surface area contributed by atoms with Gasteiger partial charge in [0.15, 0.2) is 0 Å². The van der Waals surface area contributed by atoms with Crippen molar-refractivity contribution in [1.29, 1.82) is 0 Å². The molecule has 1 heteroatoms. The van der Waals surface area contributed by atoms with Crippen molar-refractivity contribution in [2.45, 2.75) is 32.3 Å². The van der Waals surface area contributed by atoms with E-state index in [-0.39, 0.29) is 6.10 Å². The minimum atomic E-state index is -0.214. The van der Waals surface area contributed by atoms with E-state index in [0.29, 0.717) is 0 Å². The Balaban J connectivity index is 2.46. The summed E-state index contributed by atoms with van der Waals surface area (Å²) in [5.74, 6) is 0. The van der Waals surface area contributed by atoms with E-state index in [0.717, 1.165) is 24.8 Å². The standard InChI is InChI=1S/C11H14O/c1-8-5-6-10-9(7-8)3-2-4-11(10)12/h5-7,11-12H,2-4H2,1H3. The summed E-state index contributed by atoms with van der Waals surface area (Å²) in [5.41, 5.74) is 3.78. The van der Waals surface area contributed by atoms with Crippen LogP contribution in [0.25, 0.3) is 0 Å². The summed E-state index contributed by atoms with van der Waals surface area (Å²) in [4.78, 5) is 0. The fraction of sp³-hybridized carbons (Fsp3) is 0.455. The van der Waals surface area contributed by atoms with Crippen LogP contribution in [0.15, 0.2) is 18.2 Å². The Morgan fingerprint density at radius 3 is 3.08 bits per heavy atom. The van der Waals surface area contributed by atoms with Gasteiger partial charge >= 0.3 is 0 Å². The molecular weight excluding hydrogens is 148 g/mol. The van der Waals surface area contributed by atoms with E-state index in [1.807, 2.05) is 0 Å². The maximum atomic E-state index is 9.65. The number of aryl methyl sites for hydroxylation is 2. The van der Waals surface area contributed by atoms with E-state index < -0.39 is 0 Å². The number of aliphatic hydroxyl groups is 1. The third-order valence-electron chi connectivity index (χ3n) is 2.58. The van der Waals surface area contributed by atoms with Crippen LogP contribution in [0.3, 0.4) is 0 Å². The van der Waals surface area contributed by atoms with Gasteiger partial charge in [0, 0.05) is 0 Å². The summed E-state index contributed by atoms with van der Waals surface area (Å²) in [6.07, 6.45) is 2.97. The van der Waals surface area contributed by atoms with E-state index in [9.17, 15) is 5.11 Å². The Labute approximate surface area is 73.0 Å². The van der Waals surface area contributed by atoms with Crippen LogP contribution < -0.4 is 0 Å². The van der Waals surface area contributed by atoms with Crippen LogP contribution in [0.1, 0.15) is 35.6 Å². The first kappa shape index (κ1) is 7.81. The van der Waals surface area contributed by atoms with Crippen LogP contribution in [-0.2, 0) is 6.42 Å². The molecule has 0 spiro atoms. The van der Waals surface area contributed by atoms with E-state index in [4.69, 9.17) is 0 Å². The molecule has 0 aliphatic heterocycles. The highest BCUT2D eigenvalue weighted by atomic mass is 16.3. The number of hydrogen-bond donors (Lipinski definition) is 1. The summed E-state index contributed by atoms with van der Waals surface area (Å²) in [5, 5.41) is 9.65. The van der Waals surface area contributed by atoms with Gasteiger partial charge in [-0.15, -0.1) is 0 Å². The largest absolute Gasteiger partial charge is 0.388 e. The van der Waals surface area contributed by atoms with Gasteiger partial charge in [-0.1, -0.05) is 23.8 Å².